The van der Waals surface area contributed by atoms with Crippen LogP contribution in [-0.4, -0.2) is 43.8 Å². The fourth-order valence-corrected chi connectivity index (χ4v) is 2.79. The number of nitrogens with zero attached hydrogens (tertiary/aromatic N) is 4. The maximum atomic E-state index is 10.7. The van der Waals surface area contributed by atoms with Crippen LogP contribution in [0.1, 0.15) is 41.4 Å². The number of carbonyl (C=O) groups excluding carboxylic acids is 4. The van der Waals surface area contributed by atoms with E-state index in [1.165, 1.54) is 73.3 Å². The topological polar surface area (TPSA) is 212 Å². The van der Waals surface area contributed by atoms with Gasteiger partial charge in [0.1, 0.15) is 0 Å². The van der Waals surface area contributed by atoms with Crippen LogP contribution in [0.4, 0.5) is 0 Å². The van der Waals surface area contributed by atoms with Crippen LogP contribution in [0.2, 0.25) is 0 Å². The summed E-state index contributed by atoms with van der Waals surface area (Å²) in [5.41, 5.74) is 0.779. The van der Waals surface area contributed by atoms with Crippen molar-refractivity contribution in [2.75, 3.05) is 0 Å². The predicted octanol–water partition coefficient (Wildman–Crippen LogP) is -2.26. The van der Waals surface area contributed by atoms with E-state index in [2.05, 4.69) is 19.9 Å². The predicted molar refractivity (Wildman–Crippen MR) is 112 cm³/mol. The molecule has 4 aromatic heterocycles. The molecule has 0 saturated carbocycles. The number of carboxylic acid groups (broad SMARTS) is 4. The van der Waals surface area contributed by atoms with Crippen LogP contribution >= 0.6 is 0 Å². The summed E-state index contributed by atoms with van der Waals surface area (Å²) in [6.45, 7) is 0. The monoisotopic (exact) mass is 586 g/mol. The molecule has 184 valence electrons. The van der Waals surface area contributed by atoms with Crippen molar-refractivity contribution in [2.24, 2.45) is 0 Å². The van der Waals surface area contributed by atoms with Crippen LogP contribution in [-0.2, 0) is 19.5 Å². The second-order valence-corrected chi connectivity index (χ2v) is 6.87. The van der Waals surface area contributed by atoms with E-state index in [0.29, 0.717) is 0 Å². The largest absolute Gasteiger partial charge is 4.00 e. The molecule has 0 aliphatic carbocycles. The van der Waals surface area contributed by atoms with Crippen molar-refractivity contribution in [3.05, 3.63) is 95.6 Å². The zero-order valence-corrected chi connectivity index (χ0v) is 20.1. The first kappa shape index (κ1) is 28.3. The van der Waals surface area contributed by atoms with Gasteiger partial charge in [-0.25, -0.2) is 0 Å². The number of hydrogen-bond acceptors (Lipinski definition) is 12. The van der Waals surface area contributed by atoms with Gasteiger partial charge in [0, 0.05) is 47.0 Å². The first-order valence-corrected chi connectivity index (χ1v) is 9.86. The van der Waals surface area contributed by atoms with Crippen LogP contribution in [0.15, 0.2) is 73.3 Å². The Hall–Kier alpha value is -4.90. The second-order valence-electron chi connectivity index (χ2n) is 6.87. The van der Waals surface area contributed by atoms with Crippen LogP contribution in [0.5, 0.6) is 0 Å². The quantitative estimate of drug-likeness (QED) is 0.219. The molecule has 0 spiro atoms. The van der Waals surface area contributed by atoms with Gasteiger partial charge in [0.2, 0.25) is 0 Å². The molecule has 13 heteroatoms. The molecule has 0 aliphatic rings. The Kier molecular flexibility index (Phi) is 9.73. The molecule has 0 fully saturated rings. The molecular formula is C24H12N4O8Ru. The van der Waals surface area contributed by atoms with Gasteiger partial charge in [0.15, 0.2) is 0 Å². The minimum Gasteiger partial charge on any atom is -0.545 e. The van der Waals surface area contributed by atoms with E-state index in [1.54, 1.807) is 0 Å². The minimum atomic E-state index is -1.34. The van der Waals surface area contributed by atoms with Crippen molar-refractivity contribution < 1.29 is 59.1 Å². The molecule has 0 radical (unpaired) electrons. The molecule has 0 aliphatic heterocycles. The molecule has 0 aromatic carbocycles. The van der Waals surface area contributed by atoms with E-state index in [0.717, 1.165) is 0 Å². The summed E-state index contributed by atoms with van der Waals surface area (Å²) in [4.78, 5) is 58.5. The molecule has 4 aromatic rings. The van der Waals surface area contributed by atoms with Crippen molar-refractivity contribution in [3.63, 3.8) is 0 Å². The van der Waals surface area contributed by atoms with Crippen molar-refractivity contribution in [1.29, 1.82) is 0 Å². The molecule has 4 rings (SSSR count). The van der Waals surface area contributed by atoms with E-state index >= 15 is 0 Å². The molecule has 0 amide bonds. The molecule has 0 unspecified atom stereocenters. The zero-order chi connectivity index (χ0) is 26.2. The van der Waals surface area contributed by atoms with E-state index in [-0.39, 0.29) is 64.5 Å². The van der Waals surface area contributed by atoms with Crippen LogP contribution in [0, 0.1) is 0 Å². The fourth-order valence-electron chi connectivity index (χ4n) is 2.79. The molecule has 4 heterocycles. The number of pyridine rings is 4. The van der Waals surface area contributed by atoms with Gasteiger partial charge < -0.3 is 39.6 Å². The molecule has 37 heavy (non-hydrogen) atoms. The normalized spacial score (nSPS) is 9.73. The van der Waals surface area contributed by atoms with Gasteiger partial charge in [-0.2, -0.15) is 0 Å². The van der Waals surface area contributed by atoms with E-state index in [1.807, 2.05) is 0 Å². The number of aromatic carboxylic acids is 4. The summed E-state index contributed by atoms with van der Waals surface area (Å²) in [5.74, 6) is -5.35. The number of aromatic nitrogens is 4. The Balaban J connectivity index is 0.000000253. The van der Waals surface area contributed by atoms with Crippen molar-refractivity contribution in [3.8, 4) is 22.8 Å². The van der Waals surface area contributed by atoms with Gasteiger partial charge in [-0.1, -0.05) is 0 Å². The Morgan fingerprint density at radius 2 is 0.622 bits per heavy atom. The van der Waals surface area contributed by atoms with Gasteiger partial charge >= 0.3 is 19.5 Å². The van der Waals surface area contributed by atoms with Gasteiger partial charge in [0.05, 0.1) is 46.7 Å². The molecule has 12 nitrogen and oxygen atoms in total. The Labute approximate surface area is 221 Å². The van der Waals surface area contributed by atoms with Crippen LogP contribution < -0.4 is 20.4 Å². The third-order valence-electron chi connectivity index (χ3n) is 4.51. The maximum Gasteiger partial charge on any atom is 4.00 e. The van der Waals surface area contributed by atoms with Gasteiger partial charge in [-0.15, -0.1) is 0 Å². The summed E-state index contributed by atoms with van der Waals surface area (Å²) >= 11 is 0. The molecule has 0 saturated heterocycles. The molecule has 0 atom stereocenters. The summed E-state index contributed by atoms with van der Waals surface area (Å²) in [6.07, 6.45) is 5.14. The Morgan fingerprint density at radius 3 is 0.784 bits per heavy atom. The zero-order valence-electron chi connectivity index (χ0n) is 18.3. The van der Waals surface area contributed by atoms with Crippen molar-refractivity contribution in [2.45, 2.75) is 0 Å². The SMILES string of the molecule is O=C([O-])c1ccnc(-c2cc(C(=O)[O-])ccn2)c1.O=C([O-])c1ccnc(-c2cc(C(=O)[O-])ccn2)c1.[Ru+4]. The fraction of sp³-hybridized carbons (Fsp3) is 0. The Bertz CT molecular complexity index is 1260. The number of carboxylic acids is 4. The number of carbonyl (C=O) groups is 4. The van der Waals surface area contributed by atoms with Crippen LogP contribution in [0.3, 0.4) is 0 Å². The third kappa shape index (κ3) is 7.54. The summed E-state index contributed by atoms with van der Waals surface area (Å²) in [5, 5.41) is 42.8. The van der Waals surface area contributed by atoms with E-state index in [9.17, 15) is 39.6 Å². The molecule has 0 N–H and O–H groups in total. The van der Waals surface area contributed by atoms with E-state index < -0.39 is 23.9 Å². The van der Waals surface area contributed by atoms with Gasteiger partial charge in [0.25, 0.3) is 0 Å². The number of rotatable bonds is 6. The maximum absolute atomic E-state index is 10.7. The first-order valence-electron chi connectivity index (χ1n) is 9.86. The minimum absolute atomic E-state index is 0. The number of hydrogen-bond donors (Lipinski definition) is 0. The molecular weight excluding hydrogens is 573 g/mol. The molecule has 0 bridgehead atoms. The average Bonchev–Trinajstić information content (AvgIpc) is 2.89. The van der Waals surface area contributed by atoms with Crippen LogP contribution in [0.25, 0.3) is 22.8 Å². The second kappa shape index (κ2) is 12.7. The summed E-state index contributed by atoms with van der Waals surface area (Å²) < 4.78 is 0. The average molecular weight is 585 g/mol. The smallest absolute Gasteiger partial charge is 0.545 e. The first-order chi connectivity index (χ1) is 17.2. The summed E-state index contributed by atoms with van der Waals surface area (Å²) in [6, 6.07) is 10.2. The van der Waals surface area contributed by atoms with Gasteiger partial charge in [-0.3, -0.25) is 19.9 Å². The Morgan fingerprint density at radius 1 is 0.432 bits per heavy atom. The third-order valence-corrected chi connectivity index (χ3v) is 4.51. The summed E-state index contributed by atoms with van der Waals surface area (Å²) in [7, 11) is 0. The standard InChI is InChI=1S/2C12H8N2O4.Ru/c2*15-11(16)7-1-3-13-9(5-7)10-6-8(12(17)18)2-4-14-10;/h2*1-6H,(H,15,16)(H,17,18);/q;;+4/p-4. The van der Waals surface area contributed by atoms with Gasteiger partial charge in [-0.05, 0) is 48.5 Å². The van der Waals surface area contributed by atoms with E-state index in [4.69, 9.17) is 0 Å². The van der Waals surface area contributed by atoms with Crippen molar-refractivity contribution >= 4 is 23.9 Å². The van der Waals surface area contributed by atoms with Crippen molar-refractivity contribution in [1.82, 2.24) is 19.9 Å².